The van der Waals surface area contributed by atoms with E-state index in [2.05, 4.69) is 5.10 Å². The number of nitrogens with zero attached hydrogens (tertiary/aromatic N) is 2. The molecular formula is C11H16F2N2. The second-order valence-corrected chi connectivity index (χ2v) is 4.36. The van der Waals surface area contributed by atoms with Crippen LogP contribution in [0.4, 0.5) is 8.78 Å². The number of hydrogen-bond acceptors (Lipinski definition) is 1. The van der Waals surface area contributed by atoms with Crippen LogP contribution >= 0.6 is 0 Å². The molecule has 2 nitrogen and oxygen atoms in total. The lowest BCUT2D eigenvalue weighted by Gasteiger charge is -2.16. The minimum absolute atomic E-state index is 0.0124. The molecule has 0 fully saturated rings. The first-order valence-electron chi connectivity index (χ1n) is 5.49. The van der Waals surface area contributed by atoms with Crippen molar-refractivity contribution in [3.05, 3.63) is 17.0 Å². The standard InChI is InChI=1S/C11H16F2N2/c1-7(2)15-9-6-4-3-5-8(9)10(14-15)11(12)13/h7,11H,3-6H2,1-2H3. The maximum atomic E-state index is 12.8. The Labute approximate surface area is 88.3 Å². The van der Waals surface area contributed by atoms with Crippen LogP contribution in [0, 0.1) is 0 Å². The Morgan fingerprint density at radius 3 is 2.47 bits per heavy atom. The number of aromatic nitrogens is 2. The van der Waals surface area contributed by atoms with E-state index in [0.717, 1.165) is 36.9 Å². The van der Waals surface area contributed by atoms with Crippen LogP contribution in [0.25, 0.3) is 0 Å². The van der Waals surface area contributed by atoms with Gasteiger partial charge in [-0.05, 0) is 39.5 Å². The minimum atomic E-state index is -2.43. The molecule has 0 spiro atoms. The predicted octanol–water partition coefficient (Wildman–Crippen LogP) is 3.28. The van der Waals surface area contributed by atoms with Crippen LogP contribution in [-0.2, 0) is 12.8 Å². The van der Waals surface area contributed by atoms with E-state index in [4.69, 9.17) is 0 Å². The summed E-state index contributed by atoms with van der Waals surface area (Å²) >= 11 is 0. The van der Waals surface area contributed by atoms with E-state index in [-0.39, 0.29) is 11.7 Å². The summed E-state index contributed by atoms with van der Waals surface area (Å²) in [5.41, 5.74) is 1.86. The summed E-state index contributed by atoms with van der Waals surface area (Å²) in [6, 6.07) is 0.171. The third kappa shape index (κ3) is 1.77. The number of alkyl halides is 2. The Balaban J connectivity index is 2.49. The summed E-state index contributed by atoms with van der Waals surface area (Å²) in [5, 5.41) is 4.06. The van der Waals surface area contributed by atoms with Crippen molar-refractivity contribution in [2.45, 2.75) is 52.0 Å². The highest BCUT2D eigenvalue weighted by molar-refractivity contribution is 5.29. The average Bonchev–Trinajstić information content (AvgIpc) is 2.56. The van der Waals surface area contributed by atoms with Crippen LogP contribution in [0.5, 0.6) is 0 Å². The molecule has 0 saturated carbocycles. The number of halogens is 2. The lowest BCUT2D eigenvalue weighted by Crippen LogP contribution is -2.11. The Hall–Kier alpha value is -0.930. The highest BCUT2D eigenvalue weighted by Crippen LogP contribution is 2.31. The molecule has 0 saturated heterocycles. The molecule has 0 unspecified atom stereocenters. The molecule has 84 valence electrons. The van der Waals surface area contributed by atoms with Gasteiger partial charge in [-0.2, -0.15) is 5.10 Å². The van der Waals surface area contributed by atoms with Crippen LogP contribution in [0.15, 0.2) is 0 Å². The van der Waals surface area contributed by atoms with Crippen LogP contribution in [0.1, 0.15) is 56.1 Å². The van der Waals surface area contributed by atoms with E-state index in [9.17, 15) is 8.78 Å². The van der Waals surface area contributed by atoms with E-state index >= 15 is 0 Å². The van der Waals surface area contributed by atoms with Gasteiger partial charge in [0.25, 0.3) is 6.43 Å². The number of fused-ring (bicyclic) bond motifs is 1. The molecule has 1 aliphatic rings. The van der Waals surface area contributed by atoms with Gasteiger partial charge in [-0.15, -0.1) is 0 Å². The van der Waals surface area contributed by atoms with Gasteiger partial charge in [-0.1, -0.05) is 0 Å². The van der Waals surface area contributed by atoms with Crippen molar-refractivity contribution >= 4 is 0 Å². The van der Waals surface area contributed by atoms with Gasteiger partial charge < -0.3 is 0 Å². The van der Waals surface area contributed by atoms with Crippen LogP contribution in [-0.4, -0.2) is 9.78 Å². The molecule has 0 amide bonds. The summed E-state index contributed by atoms with van der Waals surface area (Å²) in [5.74, 6) is 0. The summed E-state index contributed by atoms with van der Waals surface area (Å²) < 4.78 is 27.3. The first kappa shape index (κ1) is 10.6. The van der Waals surface area contributed by atoms with Crippen molar-refractivity contribution in [1.82, 2.24) is 9.78 Å². The predicted molar refractivity (Wildman–Crippen MR) is 54.2 cm³/mol. The van der Waals surface area contributed by atoms with Gasteiger partial charge in [-0.3, -0.25) is 4.68 Å². The molecule has 0 atom stereocenters. The number of hydrogen-bond donors (Lipinski definition) is 0. The zero-order valence-corrected chi connectivity index (χ0v) is 9.13. The third-order valence-corrected chi connectivity index (χ3v) is 2.94. The zero-order chi connectivity index (χ0) is 11.0. The molecule has 2 rings (SSSR count). The highest BCUT2D eigenvalue weighted by Gasteiger charge is 2.26. The Morgan fingerprint density at radius 1 is 1.20 bits per heavy atom. The number of rotatable bonds is 2. The molecule has 0 radical (unpaired) electrons. The Morgan fingerprint density at radius 2 is 1.87 bits per heavy atom. The van der Waals surface area contributed by atoms with Gasteiger partial charge in [-0.25, -0.2) is 8.78 Å². The molecule has 1 aliphatic carbocycles. The van der Waals surface area contributed by atoms with E-state index in [0.29, 0.717) is 0 Å². The summed E-state index contributed by atoms with van der Waals surface area (Å²) in [6.07, 6.45) is 1.33. The van der Waals surface area contributed by atoms with Gasteiger partial charge in [0.05, 0.1) is 0 Å². The fourth-order valence-corrected chi connectivity index (χ4v) is 2.26. The van der Waals surface area contributed by atoms with Crippen molar-refractivity contribution in [2.24, 2.45) is 0 Å². The third-order valence-electron chi connectivity index (χ3n) is 2.94. The van der Waals surface area contributed by atoms with Crippen LogP contribution in [0.3, 0.4) is 0 Å². The van der Waals surface area contributed by atoms with Gasteiger partial charge in [0, 0.05) is 17.3 Å². The molecule has 1 aromatic heterocycles. The first-order valence-corrected chi connectivity index (χ1v) is 5.49. The first-order chi connectivity index (χ1) is 7.11. The monoisotopic (exact) mass is 214 g/mol. The summed E-state index contributed by atoms with van der Waals surface area (Å²) in [7, 11) is 0. The molecule has 0 bridgehead atoms. The van der Waals surface area contributed by atoms with Crippen LogP contribution < -0.4 is 0 Å². The van der Waals surface area contributed by atoms with Crippen molar-refractivity contribution in [3.63, 3.8) is 0 Å². The molecule has 1 heterocycles. The average molecular weight is 214 g/mol. The summed E-state index contributed by atoms with van der Waals surface area (Å²) in [6.45, 7) is 3.97. The molecule has 0 N–H and O–H groups in total. The molecule has 0 aromatic carbocycles. The molecule has 0 aliphatic heterocycles. The van der Waals surface area contributed by atoms with Gasteiger partial charge >= 0.3 is 0 Å². The smallest absolute Gasteiger partial charge is 0.266 e. The Bertz CT molecular complexity index is 323. The fraction of sp³-hybridized carbons (Fsp3) is 0.727. The largest absolute Gasteiger partial charge is 0.282 e. The van der Waals surface area contributed by atoms with E-state index in [1.165, 1.54) is 0 Å². The van der Waals surface area contributed by atoms with Gasteiger partial charge in [0.15, 0.2) is 0 Å². The lowest BCUT2D eigenvalue weighted by molar-refractivity contribution is 0.143. The van der Waals surface area contributed by atoms with Crippen molar-refractivity contribution in [1.29, 1.82) is 0 Å². The minimum Gasteiger partial charge on any atom is -0.266 e. The second kappa shape index (κ2) is 3.91. The van der Waals surface area contributed by atoms with Crippen molar-refractivity contribution in [3.8, 4) is 0 Å². The normalized spacial score (nSPS) is 16.1. The quantitative estimate of drug-likeness (QED) is 0.738. The van der Waals surface area contributed by atoms with Gasteiger partial charge in [0.1, 0.15) is 5.69 Å². The van der Waals surface area contributed by atoms with E-state index in [1.54, 1.807) is 4.68 Å². The molecule has 15 heavy (non-hydrogen) atoms. The van der Waals surface area contributed by atoms with Crippen molar-refractivity contribution < 1.29 is 8.78 Å². The molecular weight excluding hydrogens is 198 g/mol. The molecule has 4 heteroatoms. The highest BCUT2D eigenvalue weighted by atomic mass is 19.3. The van der Waals surface area contributed by atoms with Gasteiger partial charge in [0.2, 0.25) is 0 Å². The topological polar surface area (TPSA) is 17.8 Å². The fourth-order valence-electron chi connectivity index (χ4n) is 2.26. The van der Waals surface area contributed by atoms with Crippen molar-refractivity contribution in [2.75, 3.05) is 0 Å². The zero-order valence-electron chi connectivity index (χ0n) is 9.13. The maximum absolute atomic E-state index is 12.8. The van der Waals surface area contributed by atoms with Crippen LogP contribution in [0.2, 0.25) is 0 Å². The summed E-state index contributed by atoms with van der Waals surface area (Å²) in [4.78, 5) is 0. The maximum Gasteiger partial charge on any atom is 0.282 e. The SMILES string of the molecule is CC(C)n1nc(C(F)F)c2c1CCCC2. The van der Waals surface area contributed by atoms with E-state index in [1.807, 2.05) is 13.8 Å². The Kier molecular flexibility index (Phi) is 2.76. The lowest BCUT2D eigenvalue weighted by atomic mass is 9.95. The van der Waals surface area contributed by atoms with E-state index < -0.39 is 6.43 Å². The second-order valence-electron chi connectivity index (χ2n) is 4.36. The molecule has 1 aromatic rings.